The summed E-state index contributed by atoms with van der Waals surface area (Å²) in [6.07, 6.45) is 1.42. The van der Waals surface area contributed by atoms with E-state index in [2.05, 4.69) is 10.3 Å². The van der Waals surface area contributed by atoms with Crippen LogP contribution in [0.2, 0.25) is 0 Å². The van der Waals surface area contributed by atoms with Crippen LogP contribution in [0.5, 0.6) is 0 Å². The van der Waals surface area contributed by atoms with Crippen LogP contribution in [-0.4, -0.2) is 58.7 Å². The zero-order valence-electron chi connectivity index (χ0n) is 17.4. The lowest BCUT2D eigenvalue weighted by molar-refractivity contribution is 0.0174. The van der Waals surface area contributed by atoms with Gasteiger partial charge in [0.15, 0.2) is 0 Å². The summed E-state index contributed by atoms with van der Waals surface area (Å²) >= 11 is 0. The first-order chi connectivity index (χ1) is 13.7. The number of nitrogens with zero attached hydrogens (tertiary/aromatic N) is 3. The lowest BCUT2D eigenvalue weighted by Crippen LogP contribution is -2.52. The molecule has 0 aliphatic carbocycles. The van der Waals surface area contributed by atoms with E-state index in [1.807, 2.05) is 64.1 Å². The Morgan fingerprint density at radius 2 is 1.72 bits per heavy atom. The topological polar surface area (TPSA) is 74.8 Å². The molecule has 0 spiro atoms. The summed E-state index contributed by atoms with van der Waals surface area (Å²) in [7, 11) is 0. The van der Waals surface area contributed by atoms with Crippen LogP contribution < -0.4 is 5.32 Å². The Hall–Kier alpha value is -3.09. The van der Waals surface area contributed by atoms with Gasteiger partial charge in [-0.3, -0.25) is 4.98 Å². The molecule has 1 saturated heterocycles. The number of anilines is 1. The minimum Gasteiger partial charge on any atom is -0.444 e. The van der Waals surface area contributed by atoms with Crippen molar-refractivity contribution < 1.29 is 14.3 Å². The molecule has 1 aliphatic heterocycles. The fraction of sp³-hybridized carbons (Fsp3) is 0.409. The normalized spacial score (nSPS) is 14.5. The largest absolute Gasteiger partial charge is 0.444 e. The van der Waals surface area contributed by atoms with Gasteiger partial charge in [-0.15, -0.1) is 0 Å². The van der Waals surface area contributed by atoms with Crippen molar-refractivity contribution in [1.82, 2.24) is 14.8 Å². The summed E-state index contributed by atoms with van der Waals surface area (Å²) in [4.78, 5) is 32.6. The number of aryl methyl sites for hydroxylation is 1. The second kappa shape index (κ2) is 8.51. The number of hydrogen-bond acceptors (Lipinski definition) is 4. The number of ether oxygens (including phenoxy) is 1. The first-order valence-electron chi connectivity index (χ1n) is 9.79. The van der Waals surface area contributed by atoms with E-state index in [-0.39, 0.29) is 12.1 Å². The van der Waals surface area contributed by atoms with Gasteiger partial charge in [-0.25, -0.2) is 9.59 Å². The summed E-state index contributed by atoms with van der Waals surface area (Å²) in [5, 5.41) is 2.96. The smallest absolute Gasteiger partial charge is 0.410 e. The van der Waals surface area contributed by atoms with Crippen LogP contribution in [0.3, 0.4) is 0 Å². The summed E-state index contributed by atoms with van der Waals surface area (Å²) in [6.45, 7) is 9.38. The molecule has 1 aromatic carbocycles. The van der Waals surface area contributed by atoms with Gasteiger partial charge in [0.1, 0.15) is 5.60 Å². The van der Waals surface area contributed by atoms with Crippen LogP contribution in [0.4, 0.5) is 15.3 Å². The van der Waals surface area contributed by atoms with E-state index < -0.39 is 5.60 Å². The van der Waals surface area contributed by atoms with Gasteiger partial charge in [0.2, 0.25) is 0 Å². The number of pyridine rings is 1. The zero-order valence-corrected chi connectivity index (χ0v) is 17.4. The molecule has 0 radical (unpaired) electrons. The number of aromatic nitrogens is 1. The lowest BCUT2D eigenvalue weighted by Gasteiger charge is -2.35. The summed E-state index contributed by atoms with van der Waals surface area (Å²) in [5.74, 6) is 0. The summed E-state index contributed by atoms with van der Waals surface area (Å²) in [5.41, 5.74) is 3.14. The van der Waals surface area contributed by atoms with Gasteiger partial charge in [-0.2, -0.15) is 0 Å². The van der Waals surface area contributed by atoms with Crippen LogP contribution in [0.25, 0.3) is 11.3 Å². The molecule has 29 heavy (non-hydrogen) atoms. The minimum absolute atomic E-state index is 0.176. The van der Waals surface area contributed by atoms with Gasteiger partial charge in [-0.05, 0) is 57.5 Å². The molecular weight excluding hydrogens is 368 g/mol. The Kier molecular flexibility index (Phi) is 6.06. The van der Waals surface area contributed by atoms with E-state index in [1.54, 1.807) is 16.0 Å². The van der Waals surface area contributed by atoms with E-state index >= 15 is 0 Å². The number of amides is 3. The molecule has 0 unspecified atom stereocenters. The van der Waals surface area contributed by atoms with Crippen molar-refractivity contribution in [2.75, 3.05) is 31.5 Å². The third-order valence-corrected chi connectivity index (χ3v) is 4.65. The van der Waals surface area contributed by atoms with E-state index in [1.165, 1.54) is 0 Å². The molecule has 1 aromatic heterocycles. The predicted octanol–water partition coefficient (Wildman–Crippen LogP) is 4.14. The third kappa shape index (κ3) is 5.47. The molecule has 0 atom stereocenters. The number of carbonyl (C=O) groups is 2. The van der Waals surface area contributed by atoms with Crippen LogP contribution in [0.15, 0.2) is 42.6 Å². The van der Waals surface area contributed by atoms with E-state index in [4.69, 9.17) is 4.74 Å². The van der Waals surface area contributed by atoms with E-state index in [0.717, 1.165) is 22.5 Å². The van der Waals surface area contributed by atoms with Crippen molar-refractivity contribution in [2.24, 2.45) is 0 Å². The molecule has 154 valence electrons. The van der Waals surface area contributed by atoms with Crippen LogP contribution in [-0.2, 0) is 4.74 Å². The first kappa shape index (κ1) is 20.6. The van der Waals surface area contributed by atoms with Crippen molar-refractivity contribution in [3.8, 4) is 11.3 Å². The number of urea groups is 1. The number of rotatable bonds is 2. The van der Waals surface area contributed by atoms with Crippen LogP contribution in [0, 0.1) is 6.92 Å². The quantitative estimate of drug-likeness (QED) is 0.828. The molecule has 1 N–H and O–H groups in total. The zero-order chi connectivity index (χ0) is 21.0. The Balaban J connectivity index is 1.60. The number of hydrogen-bond donors (Lipinski definition) is 1. The Morgan fingerprint density at radius 3 is 2.34 bits per heavy atom. The number of nitrogens with one attached hydrogen (secondary N) is 1. The lowest BCUT2D eigenvalue weighted by atomic mass is 10.0. The molecule has 7 nitrogen and oxygen atoms in total. The van der Waals surface area contributed by atoms with Crippen molar-refractivity contribution in [3.05, 3.63) is 48.2 Å². The average molecular weight is 396 g/mol. The van der Waals surface area contributed by atoms with Gasteiger partial charge in [0.05, 0.1) is 5.69 Å². The molecule has 3 amide bonds. The molecule has 0 bridgehead atoms. The first-order valence-corrected chi connectivity index (χ1v) is 9.79. The van der Waals surface area contributed by atoms with Gasteiger partial charge in [0, 0.05) is 43.6 Å². The Bertz CT molecular complexity index is 869. The summed E-state index contributed by atoms with van der Waals surface area (Å²) in [6, 6.07) is 11.4. The fourth-order valence-corrected chi connectivity index (χ4v) is 3.12. The highest BCUT2D eigenvalue weighted by molar-refractivity contribution is 5.90. The van der Waals surface area contributed by atoms with Crippen molar-refractivity contribution in [2.45, 2.75) is 33.3 Å². The molecule has 1 fully saturated rings. The van der Waals surface area contributed by atoms with Crippen molar-refractivity contribution >= 4 is 17.8 Å². The van der Waals surface area contributed by atoms with Gasteiger partial charge in [-0.1, -0.05) is 12.1 Å². The highest BCUT2D eigenvalue weighted by atomic mass is 16.6. The number of carbonyl (C=O) groups excluding carboxylic acids is 2. The number of benzene rings is 1. The molecule has 3 rings (SSSR count). The second-order valence-corrected chi connectivity index (χ2v) is 8.13. The Labute approximate surface area is 171 Å². The average Bonchev–Trinajstić information content (AvgIpc) is 2.69. The minimum atomic E-state index is -0.525. The summed E-state index contributed by atoms with van der Waals surface area (Å²) < 4.78 is 5.40. The number of piperazine rings is 1. The predicted molar refractivity (Wildman–Crippen MR) is 113 cm³/mol. The van der Waals surface area contributed by atoms with Gasteiger partial charge >= 0.3 is 12.1 Å². The van der Waals surface area contributed by atoms with Crippen molar-refractivity contribution in [1.29, 1.82) is 0 Å². The van der Waals surface area contributed by atoms with Gasteiger partial charge < -0.3 is 19.9 Å². The van der Waals surface area contributed by atoms with E-state index in [0.29, 0.717) is 26.2 Å². The maximum Gasteiger partial charge on any atom is 0.410 e. The fourth-order valence-electron chi connectivity index (χ4n) is 3.12. The van der Waals surface area contributed by atoms with Crippen LogP contribution in [0.1, 0.15) is 26.3 Å². The molecule has 7 heteroatoms. The molecule has 2 aromatic rings. The maximum atomic E-state index is 12.7. The molecular formula is C22H28N4O3. The van der Waals surface area contributed by atoms with Gasteiger partial charge in [0.25, 0.3) is 0 Å². The second-order valence-electron chi connectivity index (χ2n) is 8.13. The molecule has 1 aliphatic rings. The standard InChI is InChI=1S/C22H28N4O3/c1-16-8-9-17(15-18(16)19-7-5-6-10-23-19)24-20(27)25-11-13-26(14-12-25)21(28)29-22(2,3)4/h5-10,15H,11-14H2,1-4H3,(H,24,27). The van der Waals surface area contributed by atoms with Crippen molar-refractivity contribution in [3.63, 3.8) is 0 Å². The highest BCUT2D eigenvalue weighted by Crippen LogP contribution is 2.25. The Morgan fingerprint density at radius 1 is 1.03 bits per heavy atom. The SMILES string of the molecule is Cc1ccc(NC(=O)N2CCN(C(=O)OC(C)(C)C)CC2)cc1-c1ccccn1. The van der Waals surface area contributed by atoms with E-state index in [9.17, 15) is 9.59 Å². The molecule has 0 saturated carbocycles. The third-order valence-electron chi connectivity index (χ3n) is 4.65. The maximum absolute atomic E-state index is 12.7. The monoisotopic (exact) mass is 396 g/mol. The molecule has 2 heterocycles. The van der Waals surface area contributed by atoms with Crippen LogP contribution >= 0.6 is 0 Å². The highest BCUT2D eigenvalue weighted by Gasteiger charge is 2.27.